The Kier molecular flexibility index (Phi) is 4.99. The first-order valence-electron chi connectivity index (χ1n) is 7.20. The molecular weight excluding hydrogens is 280 g/mol. The molecule has 116 valence electrons. The fraction of sp³-hybridized carbons (Fsp3) is 0.294. The maximum atomic E-state index is 12.2. The Morgan fingerprint density at radius 1 is 1.27 bits per heavy atom. The highest BCUT2D eigenvalue weighted by atomic mass is 16.5. The molecule has 5 nitrogen and oxygen atoms in total. The summed E-state index contributed by atoms with van der Waals surface area (Å²) in [5, 5.41) is 5.33. The molecule has 0 radical (unpaired) electrons. The zero-order chi connectivity index (χ0) is 16.1. The van der Waals surface area contributed by atoms with Gasteiger partial charge in [0.15, 0.2) is 0 Å². The van der Waals surface area contributed by atoms with Crippen LogP contribution in [0.1, 0.15) is 26.3 Å². The van der Waals surface area contributed by atoms with Crippen LogP contribution in [0.25, 0.3) is 6.08 Å². The number of amides is 2. The molecule has 1 aliphatic rings. The van der Waals surface area contributed by atoms with Gasteiger partial charge in [0.25, 0.3) is 0 Å². The standard InChI is InChI=1S/C17H20N2O3/c1-11(2)22-16(20)15-12(3)18-17(21)19-14(15)10-9-13-7-5-4-6-8-13/h4-11,14H,1-3H3,(H2,18,19,21)/t14-/m0/s1. The number of urea groups is 1. The summed E-state index contributed by atoms with van der Waals surface area (Å²) in [5.41, 5.74) is 1.92. The van der Waals surface area contributed by atoms with Crippen molar-refractivity contribution < 1.29 is 14.3 Å². The van der Waals surface area contributed by atoms with Crippen LogP contribution in [0, 0.1) is 0 Å². The average molecular weight is 300 g/mol. The van der Waals surface area contributed by atoms with Crippen molar-refractivity contribution in [3.05, 3.63) is 53.2 Å². The molecule has 0 unspecified atom stereocenters. The molecule has 1 atom stereocenters. The van der Waals surface area contributed by atoms with Gasteiger partial charge in [-0.15, -0.1) is 0 Å². The average Bonchev–Trinajstić information content (AvgIpc) is 2.44. The molecule has 2 N–H and O–H groups in total. The Balaban J connectivity index is 2.26. The predicted octanol–water partition coefficient (Wildman–Crippen LogP) is 2.61. The van der Waals surface area contributed by atoms with Gasteiger partial charge >= 0.3 is 12.0 Å². The topological polar surface area (TPSA) is 67.4 Å². The molecule has 0 aromatic heterocycles. The van der Waals surface area contributed by atoms with Gasteiger partial charge in [-0.3, -0.25) is 0 Å². The molecule has 2 amide bonds. The highest BCUT2D eigenvalue weighted by molar-refractivity contribution is 5.95. The lowest BCUT2D eigenvalue weighted by Crippen LogP contribution is -2.49. The normalized spacial score (nSPS) is 18.4. The number of benzene rings is 1. The summed E-state index contributed by atoms with van der Waals surface area (Å²) in [5.74, 6) is -0.428. The van der Waals surface area contributed by atoms with Gasteiger partial charge in [0, 0.05) is 5.70 Å². The first-order chi connectivity index (χ1) is 10.5. The van der Waals surface area contributed by atoms with E-state index >= 15 is 0 Å². The van der Waals surface area contributed by atoms with Crippen LogP contribution >= 0.6 is 0 Å². The molecule has 1 aromatic rings. The predicted molar refractivity (Wildman–Crippen MR) is 84.9 cm³/mol. The summed E-state index contributed by atoms with van der Waals surface area (Å²) in [6, 6.07) is 8.83. The van der Waals surface area contributed by atoms with E-state index in [0.29, 0.717) is 11.3 Å². The van der Waals surface area contributed by atoms with Gasteiger partial charge in [-0.05, 0) is 26.3 Å². The van der Waals surface area contributed by atoms with E-state index in [-0.39, 0.29) is 12.1 Å². The molecule has 0 saturated carbocycles. The van der Waals surface area contributed by atoms with Gasteiger partial charge in [0.2, 0.25) is 0 Å². The molecule has 2 rings (SSSR count). The van der Waals surface area contributed by atoms with Gasteiger partial charge in [0.1, 0.15) is 0 Å². The minimum atomic E-state index is -0.514. The zero-order valence-corrected chi connectivity index (χ0v) is 12.9. The lowest BCUT2D eigenvalue weighted by atomic mass is 10.0. The van der Waals surface area contributed by atoms with Gasteiger partial charge in [-0.2, -0.15) is 0 Å². The van der Waals surface area contributed by atoms with Crippen LogP contribution in [-0.4, -0.2) is 24.1 Å². The van der Waals surface area contributed by atoms with E-state index < -0.39 is 12.0 Å². The number of nitrogens with one attached hydrogen (secondary N) is 2. The van der Waals surface area contributed by atoms with Gasteiger partial charge in [-0.25, -0.2) is 9.59 Å². The lowest BCUT2D eigenvalue weighted by Gasteiger charge is -2.26. The van der Waals surface area contributed by atoms with Crippen LogP contribution in [0.4, 0.5) is 4.79 Å². The van der Waals surface area contributed by atoms with Crippen LogP contribution in [0.15, 0.2) is 47.7 Å². The maximum Gasteiger partial charge on any atom is 0.338 e. The Morgan fingerprint density at radius 3 is 2.59 bits per heavy atom. The Hall–Kier alpha value is -2.56. The summed E-state index contributed by atoms with van der Waals surface area (Å²) in [4.78, 5) is 23.9. The number of rotatable bonds is 4. The van der Waals surface area contributed by atoms with Crippen molar-refractivity contribution in [2.75, 3.05) is 0 Å². The second kappa shape index (κ2) is 6.93. The van der Waals surface area contributed by atoms with Crippen molar-refractivity contribution in [1.82, 2.24) is 10.6 Å². The van der Waals surface area contributed by atoms with E-state index in [0.717, 1.165) is 5.56 Å². The first-order valence-corrected chi connectivity index (χ1v) is 7.20. The Bertz CT molecular complexity index is 618. The molecule has 0 saturated heterocycles. The summed E-state index contributed by atoms with van der Waals surface area (Å²) in [6.07, 6.45) is 3.44. The van der Waals surface area contributed by atoms with Crippen LogP contribution in [0.2, 0.25) is 0 Å². The molecule has 0 aliphatic carbocycles. The van der Waals surface area contributed by atoms with Crippen molar-refractivity contribution in [2.24, 2.45) is 0 Å². The van der Waals surface area contributed by atoms with Crippen LogP contribution < -0.4 is 10.6 Å². The number of carbonyl (C=O) groups excluding carboxylic acids is 2. The molecule has 0 fully saturated rings. The highest BCUT2D eigenvalue weighted by Gasteiger charge is 2.29. The lowest BCUT2D eigenvalue weighted by molar-refractivity contribution is -0.143. The third-order valence-electron chi connectivity index (χ3n) is 3.15. The van der Waals surface area contributed by atoms with Crippen LogP contribution in [0.3, 0.4) is 0 Å². The molecule has 5 heteroatoms. The summed E-state index contributed by atoms with van der Waals surface area (Å²) in [7, 11) is 0. The number of hydrogen-bond donors (Lipinski definition) is 2. The van der Waals surface area contributed by atoms with E-state index in [1.54, 1.807) is 26.8 Å². The number of hydrogen-bond acceptors (Lipinski definition) is 3. The molecule has 1 aromatic carbocycles. The quantitative estimate of drug-likeness (QED) is 0.840. The van der Waals surface area contributed by atoms with Gasteiger partial charge in [-0.1, -0.05) is 42.5 Å². The third kappa shape index (κ3) is 3.97. The number of allylic oxidation sites excluding steroid dienone is 1. The number of esters is 1. The van der Waals surface area contributed by atoms with E-state index in [2.05, 4.69) is 10.6 Å². The van der Waals surface area contributed by atoms with Gasteiger partial charge < -0.3 is 15.4 Å². The van der Waals surface area contributed by atoms with E-state index in [1.807, 2.05) is 36.4 Å². The monoisotopic (exact) mass is 300 g/mol. The largest absolute Gasteiger partial charge is 0.459 e. The second-order valence-electron chi connectivity index (χ2n) is 5.34. The smallest absolute Gasteiger partial charge is 0.338 e. The minimum absolute atomic E-state index is 0.218. The van der Waals surface area contributed by atoms with Gasteiger partial charge in [0.05, 0.1) is 17.7 Å². The van der Waals surface area contributed by atoms with Crippen molar-refractivity contribution in [1.29, 1.82) is 0 Å². The minimum Gasteiger partial charge on any atom is -0.459 e. The van der Waals surface area contributed by atoms with E-state index in [1.165, 1.54) is 0 Å². The van der Waals surface area contributed by atoms with Crippen molar-refractivity contribution in [2.45, 2.75) is 32.9 Å². The second-order valence-corrected chi connectivity index (χ2v) is 5.34. The highest BCUT2D eigenvalue weighted by Crippen LogP contribution is 2.17. The molecule has 1 aliphatic heterocycles. The number of ether oxygens (including phenoxy) is 1. The van der Waals surface area contributed by atoms with Crippen molar-refractivity contribution >= 4 is 18.1 Å². The van der Waals surface area contributed by atoms with E-state index in [9.17, 15) is 9.59 Å². The van der Waals surface area contributed by atoms with E-state index in [4.69, 9.17) is 4.74 Å². The maximum absolute atomic E-state index is 12.2. The fourth-order valence-electron chi connectivity index (χ4n) is 2.19. The molecular formula is C17H20N2O3. The van der Waals surface area contributed by atoms with Crippen molar-refractivity contribution in [3.8, 4) is 0 Å². The fourth-order valence-corrected chi connectivity index (χ4v) is 2.19. The third-order valence-corrected chi connectivity index (χ3v) is 3.15. The molecule has 0 bridgehead atoms. The van der Waals surface area contributed by atoms with Crippen LogP contribution in [0.5, 0.6) is 0 Å². The molecule has 1 heterocycles. The molecule has 0 spiro atoms. The Morgan fingerprint density at radius 2 is 1.95 bits per heavy atom. The summed E-state index contributed by atoms with van der Waals surface area (Å²) in [6.45, 7) is 5.27. The molecule has 22 heavy (non-hydrogen) atoms. The number of carbonyl (C=O) groups is 2. The zero-order valence-electron chi connectivity index (χ0n) is 12.9. The SMILES string of the molecule is CC1=C(C(=O)OC(C)C)[C@H](C=Cc2ccccc2)NC(=O)N1. The van der Waals surface area contributed by atoms with Crippen molar-refractivity contribution in [3.63, 3.8) is 0 Å². The van der Waals surface area contributed by atoms with Crippen LogP contribution in [-0.2, 0) is 9.53 Å². The summed E-state index contributed by atoms with van der Waals surface area (Å²) >= 11 is 0. The Labute approximate surface area is 130 Å². The first kappa shape index (κ1) is 15.8. The summed E-state index contributed by atoms with van der Waals surface area (Å²) < 4.78 is 5.26.